The quantitative estimate of drug-likeness (QED) is 0.754. The predicted octanol–water partition coefficient (Wildman–Crippen LogP) is 2.94. The van der Waals surface area contributed by atoms with E-state index in [1.807, 2.05) is 24.3 Å². The Morgan fingerprint density at radius 2 is 1.81 bits per heavy atom. The Kier molecular flexibility index (Phi) is 6.18. The molecule has 0 aliphatic carbocycles. The van der Waals surface area contributed by atoms with Crippen molar-refractivity contribution in [1.29, 1.82) is 0 Å². The molecule has 8 heteroatoms. The zero-order valence-electron chi connectivity index (χ0n) is 14.9. The lowest BCUT2D eigenvalue weighted by atomic mass is 10.1. The number of nitrogens with one attached hydrogen (secondary N) is 1. The van der Waals surface area contributed by atoms with Gasteiger partial charge in [0.1, 0.15) is 5.75 Å². The summed E-state index contributed by atoms with van der Waals surface area (Å²) in [6.07, 6.45) is 0. The van der Waals surface area contributed by atoms with E-state index in [0.717, 1.165) is 10.0 Å². The molecule has 1 saturated heterocycles. The van der Waals surface area contributed by atoms with Gasteiger partial charge in [-0.05, 0) is 51.8 Å². The Balaban J connectivity index is 1.59. The Morgan fingerprint density at radius 1 is 1.15 bits per heavy atom. The second kappa shape index (κ2) is 8.41. The molecular formula is C19H21BrN2O4S. The Hall–Kier alpha value is -1.90. The van der Waals surface area contributed by atoms with Crippen molar-refractivity contribution in [3.05, 3.63) is 58.1 Å². The third-order valence-electron chi connectivity index (χ3n) is 4.47. The average Bonchev–Trinajstić information content (AvgIpc) is 2.65. The highest BCUT2D eigenvalue weighted by molar-refractivity contribution is 9.10. The number of carbonyl (C=O) groups is 1. The molecule has 0 aromatic heterocycles. The van der Waals surface area contributed by atoms with Gasteiger partial charge in [-0.3, -0.25) is 9.69 Å². The third kappa shape index (κ3) is 5.31. The van der Waals surface area contributed by atoms with Gasteiger partial charge in [-0.1, -0.05) is 12.1 Å². The SMILES string of the molecule is COc1ccc(C(=O)Nc2ccc(CN3CCS(=O)(=O)CC3)cc2)cc1Br. The van der Waals surface area contributed by atoms with Gasteiger partial charge in [0.2, 0.25) is 0 Å². The van der Waals surface area contributed by atoms with E-state index in [2.05, 4.69) is 26.1 Å². The van der Waals surface area contributed by atoms with E-state index >= 15 is 0 Å². The monoisotopic (exact) mass is 452 g/mol. The van der Waals surface area contributed by atoms with E-state index in [1.54, 1.807) is 25.3 Å². The minimum absolute atomic E-state index is 0.202. The van der Waals surface area contributed by atoms with Crippen molar-refractivity contribution in [3.63, 3.8) is 0 Å². The summed E-state index contributed by atoms with van der Waals surface area (Å²) in [5.41, 5.74) is 2.32. The summed E-state index contributed by atoms with van der Waals surface area (Å²) in [6.45, 7) is 1.83. The van der Waals surface area contributed by atoms with Gasteiger partial charge in [0.25, 0.3) is 5.91 Å². The van der Waals surface area contributed by atoms with E-state index in [4.69, 9.17) is 4.74 Å². The topological polar surface area (TPSA) is 75.7 Å². The number of halogens is 1. The number of hydrogen-bond donors (Lipinski definition) is 1. The average molecular weight is 453 g/mol. The molecule has 1 aliphatic heterocycles. The molecule has 6 nitrogen and oxygen atoms in total. The molecule has 0 bridgehead atoms. The zero-order chi connectivity index (χ0) is 19.4. The first-order valence-corrected chi connectivity index (χ1v) is 11.1. The molecule has 27 heavy (non-hydrogen) atoms. The molecule has 2 aromatic carbocycles. The normalized spacial score (nSPS) is 16.7. The molecule has 0 spiro atoms. The van der Waals surface area contributed by atoms with Crippen molar-refractivity contribution < 1.29 is 17.9 Å². The largest absolute Gasteiger partial charge is 0.496 e. The van der Waals surface area contributed by atoms with E-state index in [9.17, 15) is 13.2 Å². The summed E-state index contributed by atoms with van der Waals surface area (Å²) < 4.78 is 28.9. The Bertz CT molecular complexity index is 915. The number of carbonyl (C=O) groups excluding carboxylic acids is 1. The number of ether oxygens (including phenoxy) is 1. The second-order valence-electron chi connectivity index (χ2n) is 6.43. The lowest BCUT2D eigenvalue weighted by molar-refractivity contribution is 0.102. The highest BCUT2D eigenvalue weighted by atomic mass is 79.9. The summed E-state index contributed by atoms with van der Waals surface area (Å²) in [4.78, 5) is 14.5. The smallest absolute Gasteiger partial charge is 0.255 e. The van der Waals surface area contributed by atoms with Crippen molar-refractivity contribution in [2.45, 2.75) is 6.54 Å². The van der Waals surface area contributed by atoms with Crippen LogP contribution in [0.25, 0.3) is 0 Å². The van der Waals surface area contributed by atoms with Crippen LogP contribution in [0.2, 0.25) is 0 Å². The van der Waals surface area contributed by atoms with Crippen LogP contribution in [-0.2, 0) is 16.4 Å². The maximum Gasteiger partial charge on any atom is 0.255 e. The fraction of sp³-hybridized carbons (Fsp3) is 0.316. The zero-order valence-corrected chi connectivity index (χ0v) is 17.3. The molecule has 0 unspecified atom stereocenters. The maximum absolute atomic E-state index is 12.4. The van der Waals surface area contributed by atoms with E-state index in [0.29, 0.717) is 36.6 Å². The summed E-state index contributed by atoms with van der Waals surface area (Å²) in [5.74, 6) is 0.908. The highest BCUT2D eigenvalue weighted by Crippen LogP contribution is 2.26. The molecule has 0 atom stereocenters. The van der Waals surface area contributed by atoms with Crippen LogP contribution in [0.4, 0.5) is 5.69 Å². The third-order valence-corrected chi connectivity index (χ3v) is 6.70. The van der Waals surface area contributed by atoms with Crippen LogP contribution in [-0.4, -0.2) is 50.9 Å². The number of anilines is 1. The van der Waals surface area contributed by atoms with Crippen molar-refractivity contribution >= 4 is 37.4 Å². The molecule has 0 radical (unpaired) electrons. The first kappa shape index (κ1) is 19.9. The predicted molar refractivity (Wildman–Crippen MR) is 109 cm³/mol. The summed E-state index contributed by atoms with van der Waals surface area (Å²) >= 11 is 3.38. The molecule has 2 aromatic rings. The van der Waals surface area contributed by atoms with Gasteiger partial charge < -0.3 is 10.1 Å². The fourth-order valence-corrected chi connectivity index (χ4v) is 4.69. The molecule has 1 N–H and O–H groups in total. The van der Waals surface area contributed by atoms with Gasteiger partial charge in [-0.25, -0.2) is 8.42 Å². The van der Waals surface area contributed by atoms with Crippen molar-refractivity contribution in [3.8, 4) is 5.75 Å². The standard InChI is InChI=1S/C19H21BrN2O4S/c1-26-18-7-4-15(12-17(18)20)19(23)21-16-5-2-14(3-6-16)13-22-8-10-27(24,25)11-9-22/h2-7,12H,8-11,13H2,1H3,(H,21,23). The van der Waals surface area contributed by atoms with Gasteiger partial charge in [0, 0.05) is 30.9 Å². The van der Waals surface area contributed by atoms with Crippen LogP contribution in [0.5, 0.6) is 5.75 Å². The fourth-order valence-electron chi connectivity index (χ4n) is 2.87. The van der Waals surface area contributed by atoms with Gasteiger partial charge in [0.15, 0.2) is 9.84 Å². The first-order chi connectivity index (χ1) is 12.9. The second-order valence-corrected chi connectivity index (χ2v) is 9.59. The van der Waals surface area contributed by atoms with Crippen LogP contribution in [0.1, 0.15) is 15.9 Å². The molecule has 1 fully saturated rings. The number of methoxy groups -OCH3 is 1. The minimum Gasteiger partial charge on any atom is -0.496 e. The number of hydrogen-bond acceptors (Lipinski definition) is 5. The molecule has 3 rings (SSSR count). The minimum atomic E-state index is -2.86. The van der Waals surface area contributed by atoms with Crippen molar-refractivity contribution in [2.75, 3.05) is 37.0 Å². The van der Waals surface area contributed by atoms with Crippen LogP contribution >= 0.6 is 15.9 Å². The van der Waals surface area contributed by atoms with Crippen molar-refractivity contribution in [1.82, 2.24) is 4.90 Å². The summed E-state index contributed by atoms with van der Waals surface area (Å²) in [7, 11) is -1.29. The van der Waals surface area contributed by atoms with Gasteiger partial charge in [0.05, 0.1) is 23.1 Å². The van der Waals surface area contributed by atoms with Crippen LogP contribution in [0.3, 0.4) is 0 Å². The maximum atomic E-state index is 12.4. The molecule has 1 heterocycles. The van der Waals surface area contributed by atoms with E-state index in [-0.39, 0.29) is 17.4 Å². The number of nitrogens with zero attached hydrogens (tertiary/aromatic N) is 1. The van der Waals surface area contributed by atoms with Crippen LogP contribution in [0, 0.1) is 0 Å². The van der Waals surface area contributed by atoms with Gasteiger partial charge in [-0.2, -0.15) is 0 Å². The first-order valence-electron chi connectivity index (χ1n) is 8.53. The lowest BCUT2D eigenvalue weighted by Gasteiger charge is -2.26. The molecule has 1 amide bonds. The Morgan fingerprint density at radius 3 is 2.41 bits per heavy atom. The van der Waals surface area contributed by atoms with Gasteiger partial charge in [-0.15, -0.1) is 0 Å². The highest BCUT2D eigenvalue weighted by Gasteiger charge is 2.21. The molecule has 1 aliphatic rings. The molecule has 144 valence electrons. The summed E-state index contributed by atoms with van der Waals surface area (Å²) in [5, 5.41) is 2.87. The van der Waals surface area contributed by atoms with Crippen LogP contribution in [0.15, 0.2) is 46.9 Å². The number of benzene rings is 2. The van der Waals surface area contributed by atoms with E-state index < -0.39 is 9.84 Å². The van der Waals surface area contributed by atoms with Gasteiger partial charge >= 0.3 is 0 Å². The summed E-state index contributed by atoms with van der Waals surface area (Å²) in [6, 6.07) is 12.8. The molecular weight excluding hydrogens is 432 g/mol. The molecule has 0 saturated carbocycles. The van der Waals surface area contributed by atoms with Crippen molar-refractivity contribution in [2.24, 2.45) is 0 Å². The number of sulfone groups is 1. The van der Waals surface area contributed by atoms with Crippen LogP contribution < -0.4 is 10.1 Å². The number of rotatable bonds is 5. The van der Waals surface area contributed by atoms with E-state index in [1.165, 1.54) is 0 Å². The lowest BCUT2D eigenvalue weighted by Crippen LogP contribution is -2.39. The Labute approximate surface area is 167 Å². The number of amides is 1.